The summed E-state index contributed by atoms with van der Waals surface area (Å²) in [5, 5.41) is 19.8. The van der Waals surface area contributed by atoms with Gasteiger partial charge in [-0.25, -0.2) is 9.78 Å². The summed E-state index contributed by atoms with van der Waals surface area (Å²) >= 11 is 0. The Kier molecular flexibility index (Phi) is 3.22. The molecule has 2 bridgehead atoms. The summed E-state index contributed by atoms with van der Waals surface area (Å²) in [4.78, 5) is 16.8. The minimum Gasteiger partial charge on any atom is -0.465 e. The maximum atomic E-state index is 11.2. The number of pyridine rings is 1. The first-order chi connectivity index (χ1) is 9.97. The van der Waals surface area contributed by atoms with Gasteiger partial charge in [-0.1, -0.05) is 12.0 Å². The van der Waals surface area contributed by atoms with Crippen LogP contribution < -0.4 is 5.73 Å². The normalized spacial score (nSPS) is 30.6. The van der Waals surface area contributed by atoms with Gasteiger partial charge in [0.05, 0.1) is 0 Å². The molecule has 2 aliphatic heterocycles. The predicted octanol–water partition coefficient (Wildman–Crippen LogP) is 1.05. The molecule has 0 saturated carbocycles. The average Bonchev–Trinajstić information content (AvgIpc) is 2.71. The molecule has 2 aliphatic rings. The zero-order valence-corrected chi connectivity index (χ0v) is 11.5. The molecule has 1 aromatic heterocycles. The van der Waals surface area contributed by atoms with Crippen LogP contribution in [0.2, 0.25) is 0 Å². The summed E-state index contributed by atoms with van der Waals surface area (Å²) < 4.78 is 0. The van der Waals surface area contributed by atoms with E-state index in [-0.39, 0.29) is 12.1 Å². The maximum Gasteiger partial charge on any atom is 0.407 e. The Morgan fingerprint density at radius 1 is 1.38 bits per heavy atom. The summed E-state index contributed by atoms with van der Waals surface area (Å²) in [6.45, 7) is 0. The Labute approximate surface area is 122 Å². The van der Waals surface area contributed by atoms with Crippen molar-refractivity contribution in [2.45, 2.75) is 43.4 Å². The molecule has 21 heavy (non-hydrogen) atoms. The zero-order valence-electron chi connectivity index (χ0n) is 11.5. The lowest BCUT2D eigenvalue weighted by molar-refractivity contribution is -0.00379. The topological polar surface area (TPSA) is 99.7 Å². The molecule has 3 heterocycles. The molecule has 0 aromatic carbocycles. The van der Waals surface area contributed by atoms with E-state index in [4.69, 9.17) is 5.73 Å². The predicted molar refractivity (Wildman–Crippen MR) is 76.4 cm³/mol. The molecule has 6 nitrogen and oxygen atoms in total. The number of anilines is 1. The van der Waals surface area contributed by atoms with Crippen molar-refractivity contribution in [1.82, 2.24) is 9.88 Å². The molecule has 1 amide bonds. The Balaban J connectivity index is 1.80. The quantitative estimate of drug-likeness (QED) is 0.619. The van der Waals surface area contributed by atoms with Crippen LogP contribution in [0.25, 0.3) is 0 Å². The van der Waals surface area contributed by atoms with Gasteiger partial charge in [0.25, 0.3) is 0 Å². The van der Waals surface area contributed by atoms with Crippen molar-refractivity contribution >= 4 is 11.9 Å². The van der Waals surface area contributed by atoms with Gasteiger partial charge in [-0.05, 0) is 30.9 Å². The second-order valence-electron chi connectivity index (χ2n) is 5.71. The van der Waals surface area contributed by atoms with Crippen molar-refractivity contribution in [2.75, 3.05) is 5.73 Å². The van der Waals surface area contributed by atoms with E-state index < -0.39 is 11.7 Å². The van der Waals surface area contributed by atoms with Gasteiger partial charge in [0.15, 0.2) is 0 Å². The fraction of sp³-hybridized carbons (Fsp3) is 0.467. The lowest BCUT2D eigenvalue weighted by Gasteiger charge is -2.39. The fourth-order valence-electron chi connectivity index (χ4n) is 3.34. The minimum atomic E-state index is -1.15. The lowest BCUT2D eigenvalue weighted by Crippen LogP contribution is -2.52. The van der Waals surface area contributed by atoms with E-state index in [1.54, 1.807) is 18.2 Å². The number of nitrogens with zero attached hydrogens (tertiary/aromatic N) is 2. The van der Waals surface area contributed by atoms with Gasteiger partial charge in [0.2, 0.25) is 0 Å². The molecule has 0 radical (unpaired) electrons. The van der Waals surface area contributed by atoms with Crippen LogP contribution in [-0.4, -0.2) is 43.9 Å². The van der Waals surface area contributed by atoms with Gasteiger partial charge in [-0.3, -0.25) is 0 Å². The van der Waals surface area contributed by atoms with Crippen molar-refractivity contribution in [3.05, 3.63) is 23.9 Å². The Bertz CT molecular complexity index is 621. The van der Waals surface area contributed by atoms with Crippen LogP contribution in [0.4, 0.5) is 10.6 Å². The van der Waals surface area contributed by atoms with E-state index in [0.717, 1.165) is 12.8 Å². The third-order valence-electron chi connectivity index (χ3n) is 4.18. The molecule has 110 valence electrons. The molecule has 2 atom stereocenters. The molecule has 0 aliphatic carbocycles. The van der Waals surface area contributed by atoms with Crippen molar-refractivity contribution in [1.29, 1.82) is 0 Å². The van der Waals surface area contributed by atoms with Gasteiger partial charge < -0.3 is 20.8 Å². The number of aliphatic hydroxyl groups is 1. The number of rotatable bonds is 0. The summed E-state index contributed by atoms with van der Waals surface area (Å²) in [5.41, 5.74) is 4.95. The number of piperidine rings is 1. The van der Waals surface area contributed by atoms with Crippen molar-refractivity contribution in [3.63, 3.8) is 0 Å². The standard InChI is InChI=1S/C15H17N3O3/c16-13-3-1-2-10(17-13)6-7-15(21)8-11-4-5-12(9-15)18(11)14(19)20/h1-3,11-12,21H,4-5,8-9H2,(H2,16,17)(H,19,20). The van der Waals surface area contributed by atoms with E-state index >= 15 is 0 Å². The number of hydrogen-bond donors (Lipinski definition) is 3. The average molecular weight is 287 g/mol. The molecule has 6 heteroatoms. The number of nitrogen functional groups attached to an aromatic ring is 1. The minimum absolute atomic E-state index is 0.144. The van der Waals surface area contributed by atoms with Gasteiger partial charge in [0, 0.05) is 24.9 Å². The molecule has 3 rings (SSSR count). The highest BCUT2D eigenvalue weighted by molar-refractivity contribution is 5.67. The monoisotopic (exact) mass is 287 g/mol. The number of carbonyl (C=O) groups is 1. The third-order valence-corrected chi connectivity index (χ3v) is 4.18. The number of aromatic nitrogens is 1. The first-order valence-electron chi connectivity index (χ1n) is 6.96. The van der Waals surface area contributed by atoms with E-state index in [9.17, 15) is 15.0 Å². The summed E-state index contributed by atoms with van der Waals surface area (Å²) in [6.07, 6.45) is 1.38. The number of nitrogens with two attached hydrogens (primary N) is 1. The molecular weight excluding hydrogens is 270 g/mol. The summed E-state index contributed by atoms with van der Waals surface area (Å²) in [7, 11) is 0. The van der Waals surface area contributed by atoms with Gasteiger partial charge >= 0.3 is 6.09 Å². The smallest absolute Gasteiger partial charge is 0.407 e. The molecular formula is C15H17N3O3. The molecule has 4 N–H and O–H groups in total. The highest BCUT2D eigenvalue weighted by Crippen LogP contribution is 2.40. The van der Waals surface area contributed by atoms with E-state index in [2.05, 4.69) is 16.8 Å². The summed E-state index contributed by atoms with van der Waals surface area (Å²) in [5.74, 6) is 6.11. The van der Waals surface area contributed by atoms with Crippen LogP contribution in [0.15, 0.2) is 18.2 Å². The van der Waals surface area contributed by atoms with E-state index in [1.165, 1.54) is 4.90 Å². The Hall–Kier alpha value is -2.26. The molecule has 2 saturated heterocycles. The van der Waals surface area contributed by atoms with Crippen molar-refractivity contribution in [3.8, 4) is 11.8 Å². The van der Waals surface area contributed by atoms with Crippen molar-refractivity contribution in [2.24, 2.45) is 0 Å². The van der Waals surface area contributed by atoms with Crippen LogP contribution in [-0.2, 0) is 0 Å². The second kappa shape index (κ2) is 4.93. The maximum absolute atomic E-state index is 11.2. The fourth-order valence-corrected chi connectivity index (χ4v) is 3.34. The summed E-state index contributed by atoms with van der Waals surface area (Å²) in [6, 6.07) is 4.87. The first kappa shape index (κ1) is 13.7. The highest BCUT2D eigenvalue weighted by atomic mass is 16.4. The lowest BCUT2D eigenvalue weighted by atomic mass is 9.86. The molecule has 2 fully saturated rings. The number of carboxylic acid groups (broad SMARTS) is 1. The van der Waals surface area contributed by atoms with Gasteiger partial charge in [-0.15, -0.1) is 0 Å². The molecule has 1 aromatic rings. The number of fused-ring (bicyclic) bond motifs is 2. The largest absolute Gasteiger partial charge is 0.465 e. The molecule has 0 spiro atoms. The van der Waals surface area contributed by atoms with E-state index in [1.807, 2.05) is 0 Å². The zero-order chi connectivity index (χ0) is 15.0. The third kappa shape index (κ3) is 2.65. The van der Waals surface area contributed by atoms with Crippen molar-refractivity contribution < 1.29 is 15.0 Å². The SMILES string of the molecule is Nc1cccc(C#CC2(O)CC3CCC(C2)N3C(=O)O)n1. The van der Waals surface area contributed by atoms with E-state index in [0.29, 0.717) is 24.4 Å². The van der Waals surface area contributed by atoms with Crippen LogP contribution >= 0.6 is 0 Å². The highest BCUT2D eigenvalue weighted by Gasteiger charge is 2.48. The van der Waals surface area contributed by atoms with Crippen LogP contribution in [0, 0.1) is 11.8 Å². The second-order valence-corrected chi connectivity index (χ2v) is 5.71. The van der Waals surface area contributed by atoms with Crippen LogP contribution in [0.1, 0.15) is 31.4 Å². The van der Waals surface area contributed by atoms with Gasteiger partial charge in [-0.2, -0.15) is 0 Å². The first-order valence-corrected chi connectivity index (χ1v) is 6.96. The van der Waals surface area contributed by atoms with Crippen LogP contribution in [0.5, 0.6) is 0 Å². The molecule has 2 unspecified atom stereocenters. The number of hydrogen-bond acceptors (Lipinski definition) is 4. The Morgan fingerprint density at radius 3 is 2.62 bits per heavy atom. The number of amides is 1. The van der Waals surface area contributed by atoms with Crippen LogP contribution in [0.3, 0.4) is 0 Å². The van der Waals surface area contributed by atoms with Gasteiger partial charge in [0.1, 0.15) is 17.1 Å². The Morgan fingerprint density at radius 2 is 2.05 bits per heavy atom.